The SMILES string of the molecule is CCC(CC)c1cc(C)nn2c(-c3nc4cc(OC)ccc4n3C)c(C)nc12. The lowest BCUT2D eigenvalue weighted by Crippen LogP contribution is -2.06. The molecule has 1 aromatic carbocycles. The molecule has 28 heavy (non-hydrogen) atoms. The summed E-state index contributed by atoms with van der Waals surface area (Å²) in [5, 5.41) is 4.81. The number of methoxy groups -OCH3 is 1. The Bertz CT molecular complexity index is 1170. The van der Waals surface area contributed by atoms with Crippen LogP contribution in [-0.2, 0) is 7.05 Å². The number of aromatic nitrogens is 5. The second kappa shape index (κ2) is 6.93. The number of imidazole rings is 2. The summed E-state index contributed by atoms with van der Waals surface area (Å²) in [6.45, 7) is 8.55. The Balaban J connectivity index is 2.01. The van der Waals surface area contributed by atoms with Crippen molar-refractivity contribution in [1.29, 1.82) is 0 Å². The number of aryl methyl sites for hydroxylation is 3. The van der Waals surface area contributed by atoms with E-state index in [0.29, 0.717) is 5.92 Å². The third-order valence-corrected chi connectivity index (χ3v) is 5.63. The Kier molecular flexibility index (Phi) is 4.57. The van der Waals surface area contributed by atoms with E-state index in [1.807, 2.05) is 43.6 Å². The Hall–Kier alpha value is -2.89. The molecule has 0 aliphatic rings. The fourth-order valence-corrected chi connectivity index (χ4v) is 4.08. The first-order valence-electron chi connectivity index (χ1n) is 9.86. The molecule has 4 rings (SSSR count). The highest BCUT2D eigenvalue weighted by Gasteiger charge is 2.22. The van der Waals surface area contributed by atoms with Gasteiger partial charge >= 0.3 is 0 Å². The van der Waals surface area contributed by atoms with Crippen molar-refractivity contribution in [2.24, 2.45) is 7.05 Å². The molecular formula is C22H27N5O. The van der Waals surface area contributed by atoms with Crippen LogP contribution in [0.25, 0.3) is 28.2 Å². The van der Waals surface area contributed by atoms with Gasteiger partial charge in [-0.3, -0.25) is 0 Å². The second-order valence-electron chi connectivity index (χ2n) is 7.38. The molecule has 0 aliphatic carbocycles. The fraction of sp³-hybridized carbons (Fsp3) is 0.409. The van der Waals surface area contributed by atoms with Gasteiger partial charge in [0.2, 0.25) is 0 Å². The Labute approximate surface area is 165 Å². The molecular weight excluding hydrogens is 350 g/mol. The van der Waals surface area contributed by atoms with Crippen LogP contribution < -0.4 is 4.74 Å². The van der Waals surface area contributed by atoms with E-state index in [1.54, 1.807) is 7.11 Å². The molecule has 0 saturated heterocycles. The first-order chi connectivity index (χ1) is 13.5. The van der Waals surface area contributed by atoms with E-state index in [-0.39, 0.29) is 0 Å². The maximum Gasteiger partial charge on any atom is 0.161 e. The summed E-state index contributed by atoms with van der Waals surface area (Å²) >= 11 is 0. The molecule has 146 valence electrons. The van der Waals surface area contributed by atoms with E-state index in [2.05, 4.69) is 24.5 Å². The van der Waals surface area contributed by atoms with E-state index >= 15 is 0 Å². The summed E-state index contributed by atoms with van der Waals surface area (Å²) in [7, 11) is 3.71. The van der Waals surface area contributed by atoms with Crippen molar-refractivity contribution in [2.45, 2.75) is 46.5 Å². The predicted molar refractivity (Wildman–Crippen MR) is 112 cm³/mol. The van der Waals surface area contributed by atoms with E-state index < -0.39 is 0 Å². The van der Waals surface area contributed by atoms with Crippen molar-refractivity contribution in [1.82, 2.24) is 24.1 Å². The molecule has 0 N–H and O–H groups in total. The lowest BCUT2D eigenvalue weighted by Gasteiger charge is -2.14. The minimum atomic E-state index is 0.476. The molecule has 0 atom stereocenters. The van der Waals surface area contributed by atoms with Crippen LogP contribution in [-0.4, -0.2) is 31.3 Å². The van der Waals surface area contributed by atoms with Gasteiger partial charge in [0, 0.05) is 18.7 Å². The summed E-state index contributed by atoms with van der Waals surface area (Å²) in [5.74, 6) is 2.14. The Morgan fingerprint density at radius 2 is 1.82 bits per heavy atom. The quantitative estimate of drug-likeness (QED) is 0.501. The summed E-state index contributed by atoms with van der Waals surface area (Å²) < 4.78 is 9.45. The molecule has 4 aromatic rings. The van der Waals surface area contributed by atoms with Gasteiger partial charge in [-0.05, 0) is 50.8 Å². The predicted octanol–water partition coefficient (Wildman–Crippen LogP) is 4.81. The third-order valence-electron chi connectivity index (χ3n) is 5.63. The summed E-state index contributed by atoms with van der Waals surface area (Å²) in [4.78, 5) is 9.82. The molecule has 0 unspecified atom stereocenters. The first-order valence-corrected chi connectivity index (χ1v) is 9.86. The van der Waals surface area contributed by atoms with Gasteiger partial charge in [-0.25, -0.2) is 14.5 Å². The highest BCUT2D eigenvalue weighted by Crippen LogP contribution is 2.32. The summed E-state index contributed by atoms with van der Waals surface area (Å²) in [6, 6.07) is 8.15. The van der Waals surface area contributed by atoms with Crippen LogP contribution >= 0.6 is 0 Å². The van der Waals surface area contributed by atoms with E-state index in [1.165, 1.54) is 5.56 Å². The largest absolute Gasteiger partial charge is 0.497 e. The second-order valence-corrected chi connectivity index (χ2v) is 7.38. The van der Waals surface area contributed by atoms with Crippen LogP contribution in [0.3, 0.4) is 0 Å². The van der Waals surface area contributed by atoms with Gasteiger partial charge in [0.25, 0.3) is 0 Å². The number of hydrogen-bond acceptors (Lipinski definition) is 4. The van der Waals surface area contributed by atoms with Crippen LogP contribution in [0, 0.1) is 13.8 Å². The number of ether oxygens (including phenoxy) is 1. The van der Waals surface area contributed by atoms with Crippen LogP contribution in [0.15, 0.2) is 24.3 Å². The summed E-state index contributed by atoms with van der Waals surface area (Å²) in [6.07, 6.45) is 2.17. The van der Waals surface area contributed by atoms with Gasteiger partial charge in [0.05, 0.1) is 29.5 Å². The van der Waals surface area contributed by atoms with Gasteiger partial charge in [-0.15, -0.1) is 0 Å². The zero-order valence-corrected chi connectivity index (χ0v) is 17.4. The van der Waals surface area contributed by atoms with Crippen molar-refractivity contribution in [3.05, 3.63) is 41.2 Å². The lowest BCUT2D eigenvalue weighted by molar-refractivity contribution is 0.415. The number of rotatable bonds is 5. The van der Waals surface area contributed by atoms with Crippen LogP contribution in [0.4, 0.5) is 0 Å². The Morgan fingerprint density at radius 3 is 2.50 bits per heavy atom. The normalized spacial score (nSPS) is 11.8. The van der Waals surface area contributed by atoms with Gasteiger partial charge in [0.15, 0.2) is 11.5 Å². The zero-order valence-electron chi connectivity index (χ0n) is 17.4. The van der Waals surface area contributed by atoms with E-state index in [9.17, 15) is 0 Å². The molecule has 3 heterocycles. The molecule has 3 aromatic heterocycles. The standard InChI is InChI=1S/C22H27N5O/c1-7-15(8-2)17-11-13(3)25-27-20(14(4)23-21(17)27)22-24-18-12-16(28-6)9-10-19(18)26(22)5/h9-12,15H,7-8H2,1-6H3. The fourth-order valence-electron chi connectivity index (χ4n) is 4.08. The molecule has 0 spiro atoms. The minimum Gasteiger partial charge on any atom is -0.497 e. The Morgan fingerprint density at radius 1 is 1.07 bits per heavy atom. The van der Waals surface area contributed by atoms with Gasteiger partial charge in [0.1, 0.15) is 11.4 Å². The molecule has 0 fully saturated rings. The number of benzene rings is 1. The van der Waals surface area contributed by atoms with Crippen LogP contribution in [0.5, 0.6) is 5.75 Å². The average molecular weight is 377 g/mol. The maximum atomic E-state index is 5.36. The number of nitrogens with zero attached hydrogens (tertiary/aromatic N) is 5. The van der Waals surface area contributed by atoms with Gasteiger partial charge in [-0.1, -0.05) is 13.8 Å². The molecule has 0 amide bonds. The molecule has 6 heteroatoms. The van der Waals surface area contributed by atoms with Crippen molar-refractivity contribution in [3.8, 4) is 17.3 Å². The average Bonchev–Trinajstić information content (AvgIpc) is 3.18. The number of fused-ring (bicyclic) bond motifs is 2. The number of hydrogen-bond donors (Lipinski definition) is 0. The van der Waals surface area contributed by atoms with Crippen molar-refractivity contribution in [2.75, 3.05) is 7.11 Å². The van der Waals surface area contributed by atoms with Crippen LogP contribution in [0.1, 0.15) is 49.6 Å². The smallest absolute Gasteiger partial charge is 0.161 e. The van der Waals surface area contributed by atoms with Crippen LogP contribution in [0.2, 0.25) is 0 Å². The topological polar surface area (TPSA) is 57.2 Å². The molecule has 0 radical (unpaired) electrons. The summed E-state index contributed by atoms with van der Waals surface area (Å²) in [5.41, 5.74) is 7.05. The zero-order chi connectivity index (χ0) is 20.0. The van der Waals surface area contributed by atoms with Gasteiger partial charge in [-0.2, -0.15) is 5.10 Å². The lowest BCUT2D eigenvalue weighted by atomic mass is 9.95. The van der Waals surface area contributed by atoms with Crippen molar-refractivity contribution < 1.29 is 4.74 Å². The molecule has 6 nitrogen and oxygen atoms in total. The molecule has 0 aliphatic heterocycles. The molecule has 0 saturated carbocycles. The van der Waals surface area contributed by atoms with E-state index in [0.717, 1.165) is 58.2 Å². The highest BCUT2D eigenvalue weighted by atomic mass is 16.5. The monoisotopic (exact) mass is 377 g/mol. The van der Waals surface area contributed by atoms with Gasteiger partial charge < -0.3 is 9.30 Å². The van der Waals surface area contributed by atoms with Crippen molar-refractivity contribution in [3.63, 3.8) is 0 Å². The first kappa shape index (κ1) is 18.5. The third kappa shape index (κ3) is 2.75. The highest BCUT2D eigenvalue weighted by molar-refractivity contribution is 5.82. The molecule has 0 bridgehead atoms. The van der Waals surface area contributed by atoms with Crippen molar-refractivity contribution >= 4 is 16.7 Å². The minimum absolute atomic E-state index is 0.476. The maximum absolute atomic E-state index is 5.36. The van der Waals surface area contributed by atoms with E-state index in [4.69, 9.17) is 19.8 Å².